The highest BCUT2D eigenvalue weighted by molar-refractivity contribution is 7.09. The zero-order valence-corrected chi connectivity index (χ0v) is 9.80. The van der Waals surface area contributed by atoms with Gasteiger partial charge in [-0.25, -0.2) is 4.98 Å². The summed E-state index contributed by atoms with van der Waals surface area (Å²) in [5.74, 6) is 1.73. The van der Waals surface area contributed by atoms with Gasteiger partial charge < -0.3 is 9.73 Å². The van der Waals surface area contributed by atoms with Crippen LogP contribution in [0.5, 0.6) is 0 Å². The number of thiazole rings is 1. The molecule has 0 amide bonds. The third kappa shape index (κ3) is 2.33. The lowest BCUT2D eigenvalue weighted by atomic mass is 10.3. The normalized spacial score (nSPS) is 15.5. The Morgan fingerprint density at radius 1 is 1.44 bits per heavy atom. The zero-order chi connectivity index (χ0) is 10.8. The summed E-state index contributed by atoms with van der Waals surface area (Å²) < 4.78 is 5.25. The smallest absolute Gasteiger partial charge is 0.117 e. The van der Waals surface area contributed by atoms with Gasteiger partial charge in [-0.2, -0.15) is 0 Å². The van der Waals surface area contributed by atoms with E-state index in [4.69, 9.17) is 4.42 Å². The number of rotatable bonds is 5. The van der Waals surface area contributed by atoms with Gasteiger partial charge in [0.15, 0.2) is 0 Å². The summed E-state index contributed by atoms with van der Waals surface area (Å²) in [7, 11) is 0. The summed E-state index contributed by atoms with van der Waals surface area (Å²) >= 11 is 1.75. The van der Waals surface area contributed by atoms with Crippen molar-refractivity contribution in [2.45, 2.75) is 31.8 Å². The van der Waals surface area contributed by atoms with E-state index < -0.39 is 0 Å². The van der Waals surface area contributed by atoms with Crippen molar-refractivity contribution in [3.05, 3.63) is 40.2 Å². The number of hydrogen-bond donors (Lipinski definition) is 1. The molecule has 84 valence electrons. The fraction of sp³-hybridized carbons (Fsp3) is 0.417. The van der Waals surface area contributed by atoms with Crippen LogP contribution in [0.15, 0.2) is 28.2 Å². The van der Waals surface area contributed by atoms with E-state index in [1.165, 1.54) is 23.5 Å². The molecule has 2 aromatic rings. The lowest BCUT2D eigenvalue weighted by Crippen LogP contribution is -2.11. The van der Waals surface area contributed by atoms with Gasteiger partial charge in [0.05, 0.1) is 18.5 Å². The van der Waals surface area contributed by atoms with Crippen LogP contribution in [0.2, 0.25) is 0 Å². The highest BCUT2D eigenvalue weighted by Crippen LogP contribution is 2.40. The minimum absolute atomic E-state index is 0.759. The van der Waals surface area contributed by atoms with Crippen LogP contribution in [0.4, 0.5) is 0 Å². The first-order chi connectivity index (χ1) is 7.92. The monoisotopic (exact) mass is 234 g/mol. The molecule has 0 aliphatic heterocycles. The molecule has 2 heterocycles. The van der Waals surface area contributed by atoms with Crippen LogP contribution in [0, 0.1) is 0 Å². The van der Waals surface area contributed by atoms with Gasteiger partial charge >= 0.3 is 0 Å². The van der Waals surface area contributed by atoms with Crippen molar-refractivity contribution < 1.29 is 4.42 Å². The van der Waals surface area contributed by atoms with Crippen molar-refractivity contribution in [1.82, 2.24) is 10.3 Å². The van der Waals surface area contributed by atoms with Crippen LogP contribution >= 0.6 is 11.3 Å². The Morgan fingerprint density at radius 3 is 3.12 bits per heavy atom. The van der Waals surface area contributed by atoms with Crippen LogP contribution in [0.25, 0.3) is 0 Å². The minimum Gasteiger partial charge on any atom is -0.468 e. The average Bonchev–Trinajstić information content (AvgIpc) is 2.83. The number of aromatic nitrogens is 1. The number of nitrogens with one attached hydrogen (secondary N) is 1. The van der Waals surface area contributed by atoms with Crippen molar-refractivity contribution in [2.75, 3.05) is 0 Å². The van der Waals surface area contributed by atoms with E-state index in [-0.39, 0.29) is 0 Å². The van der Waals surface area contributed by atoms with E-state index in [2.05, 4.69) is 15.7 Å². The van der Waals surface area contributed by atoms with Crippen LogP contribution in [0.1, 0.15) is 35.2 Å². The van der Waals surface area contributed by atoms with E-state index in [1.807, 2.05) is 12.1 Å². The molecule has 16 heavy (non-hydrogen) atoms. The van der Waals surface area contributed by atoms with Gasteiger partial charge in [0, 0.05) is 17.8 Å². The summed E-state index contributed by atoms with van der Waals surface area (Å²) in [6.07, 6.45) is 4.34. The summed E-state index contributed by atoms with van der Waals surface area (Å²) in [6, 6.07) is 3.89. The van der Waals surface area contributed by atoms with Gasteiger partial charge in [-0.3, -0.25) is 0 Å². The third-order valence-corrected chi connectivity index (χ3v) is 3.59. The molecule has 0 saturated heterocycles. The molecule has 4 heteroatoms. The fourth-order valence-corrected chi connectivity index (χ4v) is 2.52. The van der Waals surface area contributed by atoms with Crippen molar-refractivity contribution in [3.63, 3.8) is 0 Å². The Balaban J connectivity index is 1.50. The first kappa shape index (κ1) is 10.1. The van der Waals surface area contributed by atoms with Gasteiger partial charge in [0.25, 0.3) is 0 Å². The van der Waals surface area contributed by atoms with E-state index in [0.717, 1.165) is 24.8 Å². The number of hydrogen-bond acceptors (Lipinski definition) is 4. The predicted molar refractivity (Wildman–Crippen MR) is 63.3 cm³/mol. The lowest BCUT2D eigenvalue weighted by molar-refractivity contribution is 0.482. The molecule has 3 nitrogen and oxygen atoms in total. The number of nitrogens with zero attached hydrogens (tertiary/aromatic N) is 1. The van der Waals surface area contributed by atoms with Crippen LogP contribution < -0.4 is 5.32 Å². The van der Waals surface area contributed by atoms with Crippen molar-refractivity contribution in [1.29, 1.82) is 0 Å². The minimum atomic E-state index is 0.759. The Labute approximate surface area is 98.5 Å². The third-order valence-electron chi connectivity index (χ3n) is 2.72. The first-order valence-electron chi connectivity index (χ1n) is 5.59. The van der Waals surface area contributed by atoms with Gasteiger partial charge in [0.2, 0.25) is 0 Å². The maximum absolute atomic E-state index is 5.25. The van der Waals surface area contributed by atoms with Crippen molar-refractivity contribution >= 4 is 11.3 Å². The Kier molecular flexibility index (Phi) is 2.76. The molecule has 0 spiro atoms. The van der Waals surface area contributed by atoms with Gasteiger partial charge in [0.1, 0.15) is 10.8 Å². The van der Waals surface area contributed by atoms with E-state index >= 15 is 0 Å². The summed E-state index contributed by atoms with van der Waals surface area (Å²) in [4.78, 5) is 4.62. The Bertz CT molecular complexity index is 445. The largest absolute Gasteiger partial charge is 0.468 e. The van der Waals surface area contributed by atoms with Crippen LogP contribution in [0.3, 0.4) is 0 Å². The highest BCUT2D eigenvalue weighted by atomic mass is 32.1. The van der Waals surface area contributed by atoms with Crippen molar-refractivity contribution in [3.8, 4) is 0 Å². The molecular weight excluding hydrogens is 220 g/mol. The molecule has 2 aromatic heterocycles. The van der Waals surface area contributed by atoms with Crippen molar-refractivity contribution in [2.24, 2.45) is 0 Å². The van der Waals surface area contributed by atoms with E-state index in [9.17, 15) is 0 Å². The molecular formula is C12H14N2OS. The Hall–Kier alpha value is -1.13. The van der Waals surface area contributed by atoms with Crippen LogP contribution in [-0.4, -0.2) is 4.98 Å². The molecule has 1 saturated carbocycles. The maximum atomic E-state index is 5.25. The molecule has 1 N–H and O–H groups in total. The van der Waals surface area contributed by atoms with Gasteiger partial charge in [-0.15, -0.1) is 11.3 Å². The summed E-state index contributed by atoms with van der Waals surface area (Å²) in [6.45, 7) is 1.60. The Morgan fingerprint density at radius 2 is 2.38 bits per heavy atom. The van der Waals surface area contributed by atoms with E-state index in [0.29, 0.717) is 0 Å². The molecule has 0 atom stereocenters. The van der Waals surface area contributed by atoms with Gasteiger partial charge in [-0.05, 0) is 25.0 Å². The maximum Gasteiger partial charge on any atom is 0.117 e. The fourth-order valence-electron chi connectivity index (χ4n) is 1.68. The standard InChI is InChI=1S/C12H14N2OS/c1-2-10(15-5-1)6-13-7-12-14-11(8-16-12)9-3-4-9/h1-2,5,8-9,13H,3-4,6-7H2. The molecule has 0 bridgehead atoms. The molecule has 0 radical (unpaired) electrons. The zero-order valence-electron chi connectivity index (χ0n) is 8.98. The van der Waals surface area contributed by atoms with E-state index in [1.54, 1.807) is 17.6 Å². The predicted octanol–water partition coefficient (Wildman–Crippen LogP) is 2.90. The van der Waals surface area contributed by atoms with Crippen LogP contribution in [-0.2, 0) is 13.1 Å². The summed E-state index contributed by atoms with van der Waals surface area (Å²) in [5, 5.41) is 6.70. The summed E-state index contributed by atoms with van der Waals surface area (Å²) in [5.41, 5.74) is 1.29. The molecule has 3 rings (SSSR count). The molecule has 0 aromatic carbocycles. The molecule has 1 aliphatic carbocycles. The SMILES string of the molecule is c1coc(CNCc2nc(C3CC3)cs2)c1. The first-order valence-corrected chi connectivity index (χ1v) is 6.47. The topological polar surface area (TPSA) is 38.1 Å². The number of furan rings is 1. The average molecular weight is 234 g/mol. The van der Waals surface area contributed by atoms with Gasteiger partial charge in [-0.1, -0.05) is 0 Å². The second kappa shape index (κ2) is 4.39. The second-order valence-corrected chi connectivity index (χ2v) is 5.07. The highest BCUT2D eigenvalue weighted by Gasteiger charge is 2.25. The molecule has 1 fully saturated rings. The quantitative estimate of drug-likeness (QED) is 0.864. The second-order valence-electron chi connectivity index (χ2n) is 4.12. The molecule has 0 unspecified atom stereocenters. The lowest BCUT2D eigenvalue weighted by Gasteiger charge is -1.98. The molecule has 1 aliphatic rings.